The van der Waals surface area contributed by atoms with Crippen LogP contribution in [0.1, 0.15) is 38.9 Å². The van der Waals surface area contributed by atoms with E-state index in [9.17, 15) is 4.79 Å². The molecule has 3 aromatic carbocycles. The van der Waals surface area contributed by atoms with Gasteiger partial charge in [0.15, 0.2) is 10.9 Å². The first-order valence-electron chi connectivity index (χ1n) is 11.5. The molecule has 7 nitrogen and oxygen atoms in total. The molecule has 8 heteroatoms. The zero-order chi connectivity index (χ0) is 24.7. The Labute approximate surface area is 213 Å². The Morgan fingerprint density at radius 3 is 2.08 bits per heavy atom. The standard InChI is InChI=1S/C28H24N6OS/c1-20-13-15-23(16-14-20)34-24(19-36-28-29-17-8-18-30-28)26(32-33-34)27(35)31-25(21-9-4-2-5-10-21)22-11-6-3-7-12-22/h2-18,25H,19H2,1H3,(H,31,35). The molecule has 0 fully saturated rings. The Hall–Kier alpha value is -4.30. The van der Waals surface area contributed by atoms with Gasteiger partial charge in [-0.3, -0.25) is 4.79 Å². The molecule has 178 valence electrons. The average Bonchev–Trinajstić information content (AvgIpc) is 3.36. The Kier molecular flexibility index (Phi) is 7.14. The molecule has 5 rings (SSSR count). The molecule has 36 heavy (non-hydrogen) atoms. The van der Waals surface area contributed by atoms with Crippen LogP contribution in [0.3, 0.4) is 0 Å². The van der Waals surface area contributed by atoms with Crippen LogP contribution in [0, 0.1) is 6.92 Å². The molecule has 1 amide bonds. The minimum absolute atomic E-state index is 0.274. The predicted octanol–water partition coefficient (Wildman–Crippen LogP) is 5.18. The molecule has 0 atom stereocenters. The van der Waals surface area contributed by atoms with Crippen molar-refractivity contribution in [2.24, 2.45) is 0 Å². The fourth-order valence-electron chi connectivity index (χ4n) is 3.84. The van der Waals surface area contributed by atoms with Crippen molar-refractivity contribution in [3.63, 3.8) is 0 Å². The van der Waals surface area contributed by atoms with E-state index in [0.717, 1.165) is 22.4 Å². The quantitative estimate of drug-likeness (QED) is 0.237. The van der Waals surface area contributed by atoms with E-state index < -0.39 is 0 Å². The van der Waals surface area contributed by atoms with Crippen LogP contribution in [0.15, 0.2) is 109 Å². The van der Waals surface area contributed by atoms with Crippen molar-refractivity contribution in [1.82, 2.24) is 30.3 Å². The number of aromatic nitrogens is 5. The van der Waals surface area contributed by atoms with Crippen molar-refractivity contribution in [3.05, 3.63) is 131 Å². The summed E-state index contributed by atoms with van der Waals surface area (Å²) < 4.78 is 1.71. The molecule has 2 heterocycles. The summed E-state index contributed by atoms with van der Waals surface area (Å²) in [6.07, 6.45) is 3.39. The lowest BCUT2D eigenvalue weighted by Crippen LogP contribution is -2.30. The van der Waals surface area contributed by atoms with Gasteiger partial charge in [-0.15, -0.1) is 5.10 Å². The third kappa shape index (κ3) is 5.34. The Morgan fingerprint density at radius 2 is 1.47 bits per heavy atom. The van der Waals surface area contributed by atoms with Crippen molar-refractivity contribution < 1.29 is 4.79 Å². The first-order chi connectivity index (χ1) is 17.7. The van der Waals surface area contributed by atoms with Crippen LogP contribution < -0.4 is 5.32 Å². The second-order valence-corrected chi connectivity index (χ2v) is 9.12. The molecule has 0 aliphatic carbocycles. The molecule has 0 saturated carbocycles. The molecule has 0 saturated heterocycles. The Morgan fingerprint density at radius 1 is 0.861 bits per heavy atom. The van der Waals surface area contributed by atoms with Crippen LogP contribution in [0.4, 0.5) is 0 Å². The van der Waals surface area contributed by atoms with Crippen molar-refractivity contribution in [1.29, 1.82) is 0 Å². The number of nitrogens with one attached hydrogen (secondary N) is 1. The molecule has 5 aromatic rings. The number of hydrogen-bond donors (Lipinski definition) is 1. The lowest BCUT2D eigenvalue weighted by molar-refractivity contribution is 0.0937. The first kappa shape index (κ1) is 23.4. The zero-order valence-electron chi connectivity index (χ0n) is 19.7. The second kappa shape index (κ2) is 11.0. The number of carbonyl (C=O) groups excluding carboxylic acids is 1. The van der Waals surface area contributed by atoms with Gasteiger partial charge >= 0.3 is 0 Å². The Bertz CT molecular complexity index is 1380. The first-order valence-corrected chi connectivity index (χ1v) is 12.5. The molecule has 0 unspecified atom stereocenters. The van der Waals surface area contributed by atoms with Crippen molar-refractivity contribution in [3.8, 4) is 5.69 Å². The van der Waals surface area contributed by atoms with Gasteiger partial charge in [0.2, 0.25) is 0 Å². The summed E-state index contributed by atoms with van der Waals surface area (Å²) in [5, 5.41) is 12.5. The molecule has 0 aliphatic heterocycles. The fourth-order valence-corrected chi connectivity index (χ4v) is 4.64. The maximum Gasteiger partial charge on any atom is 0.274 e. The average molecular weight is 493 g/mol. The molecule has 0 bridgehead atoms. The number of thioether (sulfide) groups is 1. The van der Waals surface area contributed by atoms with Gasteiger partial charge in [-0.05, 0) is 36.2 Å². The van der Waals surface area contributed by atoms with Gasteiger partial charge in [0.05, 0.1) is 17.4 Å². The van der Waals surface area contributed by atoms with Gasteiger partial charge in [0, 0.05) is 18.1 Å². The lowest BCUT2D eigenvalue weighted by Gasteiger charge is -2.19. The van der Waals surface area contributed by atoms with Gasteiger partial charge in [-0.25, -0.2) is 14.6 Å². The topological polar surface area (TPSA) is 85.6 Å². The van der Waals surface area contributed by atoms with E-state index in [1.54, 1.807) is 23.1 Å². The summed E-state index contributed by atoms with van der Waals surface area (Å²) in [6.45, 7) is 2.03. The highest BCUT2D eigenvalue weighted by molar-refractivity contribution is 7.98. The van der Waals surface area contributed by atoms with E-state index in [1.807, 2.05) is 91.9 Å². The molecular weight excluding hydrogens is 468 g/mol. The van der Waals surface area contributed by atoms with Crippen molar-refractivity contribution >= 4 is 17.7 Å². The lowest BCUT2D eigenvalue weighted by atomic mass is 9.98. The molecular formula is C28H24N6OS. The van der Waals surface area contributed by atoms with Gasteiger partial charge in [-0.1, -0.05) is 95.3 Å². The third-order valence-electron chi connectivity index (χ3n) is 5.68. The third-order valence-corrected chi connectivity index (χ3v) is 6.56. The summed E-state index contributed by atoms with van der Waals surface area (Å²) >= 11 is 1.43. The SMILES string of the molecule is Cc1ccc(-n2nnc(C(=O)NC(c3ccccc3)c3ccccc3)c2CSc2ncccn2)cc1. The number of hydrogen-bond acceptors (Lipinski definition) is 6. The van der Waals surface area contributed by atoms with Gasteiger partial charge < -0.3 is 5.32 Å². The van der Waals surface area contributed by atoms with Crippen LogP contribution in [-0.4, -0.2) is 30.9 Å². The van der Waals surface area contributed by atoms with Crippen LogP contribution in [0.5, 0.6) is 0 Å². The van der Waals surface area contributed by atoms with E-state index in [0.29, 0.717) is 16.6 Å². The van der Waals surface area contributed by atoms with Crippen LogP contribution in [-0.2, 0) is 5.75 Å². The van der Waals surface area contributed by atoms with E-state index >= 15 is 0 Å². The molecule has 0 aliphatic rings. The largest absolute Gasteiger partial charge is 0.340 e. The van der Waals surface area contributed by atoms with Crippen molar-refractivity contribution in [2.75, 3.05) is 0 Å². The Balaban J connectivity index is 1.49. The van der Waals surface area contributed by atoms with Gasteiger partial charge in [0.25, 0.3) is 5.91 Å². The number of nitrogens with zero attached hydrogens (tertiary/aromatic N) is 5. The number of aryl methyl sites for hydroxylation is 1. The summed E-state index contributed by atoms with van der Waals surface area (Å²) in [7, 11) is 0. The van der Waals surface area contributed by atoms with Crippen LogP contribution >= 0.6 is 11.8 Å². The minimum atomic E-state index is -0.331. The highest BCUT2D eigenvalue weighted by atomic mass is 32.2. The highest BCUT2D eigenvalue weighted by Gasteiger charge is 2.25. The number of benzene rings is 3. The number of amides is 1. The predicted molar refractivity (Wildman–Crippen MR) is 140 cm³/mol. The molecule has 2 aromatic heterocycles. The van der Waals surface area contributed by atoms with E-state index in [4.69, 9.17) is 0 Å². The van der Waals surface area contributed by atoms with Gasteiger partial charge in [-0.2, -0.15) is 0 Å². The molecule has 0 spiro atoms. The minimum Gasteiger partial charge on any atom is -0.340 e. The normalized spacial score (nSPS) is 10.9. The van der Waals surface area contributed by atoms with Gasteiger partial charge in [0.1, 0.15) is 0 Å². The zero-order valence-corrected chi connectivity index (χ0v) is 20.5. The molecule has 1 N–H and O–H groups in total. The fraction of sp³-hybridized carbons (Fsp3) is 0.107. The summed E-state index contributed by atoms with van der Waals surface area (Å²) in [6, 6.07) is 29.2. The number of carbonyl (C=O) groups is 1. The van der Waals surface area contributed by atoms with Crippen LogP contribution in [0.25, 0.3) is 5.69 Å². The summed E-state index contributed by atoms with van der Waals surface area (Å²) in [5.41, 5.74) is 4.89. The highest BCUT2D eigenvalue weighted by Crippen LogP contribution is 2.25. The number of rotatable bonds is 8. The molecule has 0 radical (unpaired) electrons. The van der Waals surface area contributed by atoms with E-state index in [1.165, 1.54) is 11.8 Å². The second-order valence-electron chi connectivity index (χ2n) is 8.18. The van der Waals surface area contributed by atoms with Crippen LogP contribution in [0.2, 0.25) is 0 Å². The van der Waals surface area contributed by atoms with E-state index in [-0.39, 0.29) is 17.6 Å². The maximum absolute atomic E-state index is 13.7. The smallest absolute Gasteiger partial charge is 0.274 e. The summed E-state index contributed by atoms with van der Waals surface area (Å²) in [5.74, 6) is 0.130. The summed E-state index contributed by atoms with van der Waals surface area (Å²) in [4.78, 5) is 22.3. The maximum atomic E-state index is 13.7. The van der Waals surface area contributed by atoms with Crippen molar-refractivity contribution in [2.45, 2.75) is 23.9 Å². The monoisotopic (exact) mass is 492 g/mol. The van der Waals surface area contributed by atoms with E-state index in [2.05, 4.69) is 25.6 Å².